The number of carboxylic acids is 1. The van der Waals surface area contributed by atoms with E-state index in [1.54, 1.807) is 12.1 Å². The second-order valence-electron chi connectivity index (χ2n) is 7.41. The molecule has 1 aromatic carbocycles. The Morgan fingerprint density at radius 3 is 2.50 bits per heavy atom. The number of nitrogens with zero attached hydrogens (tertiary/aromatic N) is 1. The maximum absolute atomic E-state index is 12.9. The fourth-order valence-electron chi connectivity index (χ4n) is 3.43. The summed E-state index contributed by atoms with van der Waals surface area (Å²) >= 11 is 0. The zero-order valence-corrected chi connectivity index (χ0v) is 15.5. The van der Waals surface area contributed by atoms with E-state index in [1.807, 2.05) is 18.7 Å². The van der Waals surface area contributed by atoms with Crippen LogP contribution in [-0.2, 0) is 9.53 Å². The molecule has 1 N–H and O–H groups in total. The van der Waals surface area contributed by atoms with Crippen molar-refractivity contribution in [2.75, 3.05) is 26.3 Å². The molecule has 3 rings (SSSR count). The van der Waals surface area contributed by atoms with Crippen molar-refractivity contribution in [3.63, 3.8) is 0 Å². The monoisotopic (exact) mass is 361 g/mol. The molecule has 1 unspecified atom stereocenters. The summed E-state index contributed by atoms with van der Waals surface area (Å²) in [6.07, 6.45) is 4.64. The Morgan fingerprint density at radius 1 is 1.19 bits per heavy atom. The standard InChI is InChI=1S/C20H27NO5/c1-13-8-16(9-14(2)19(13)26-12-18(22)23)20(24)21-7-3-4-17(10-21)25-11-15-5-6-15/h8-9,15,17H,3-7,10-12H2,1-2H3,(H,22,23). The van der Waals surface area contributed by atoms with Crippen LogP contribution >= 0.6 is 0 Å². The highest BCUT2D eigenvalue weighted by Crippen LogP contribution is 2.30. The number of carboxylic acid groups (broad SMARTS) is 1. The molecular formula is C20H27NO5. The van der Waals surface area contributed by atoms with Crippen LogP contribution in [-0.4, -0.2) is 54.3 Å². The molecule has 1 aromatic rings. The fraction of sp³-hybridized carbons (Fsp3) is 0.600. The maximum atomic E-state index is 12.9. The van der Waals surface area contributed by atoms with E-state index in [0.717, 1.165) is 43.0 Å². The van der Waals surface area contributed by atoms with Crippen LogP contribution in [0.1, 0.15) is 47.2 Å². The predicted octanol–water partition coefficient (Wildman–Crippen LogP) is 2.80. The van der Waals surface area contributed by atoms with Crippen molar-refractivity contribution in [1.82, 2.24) is 4.90 Å². The molecule has 1 atom stereocenters. The minimum Gasteiger partial charge on any atom is -0.481 e. The van der Waals surface area contributed by atoms with Gasteiger partial charge in [0.15, 0.2) is 6.61 Å². The fourth-order valence-corrected chi connectivity index (χ4v) is 3.43. The first kappa shape index (κ1) is 18.7. The van der Waals surface area contributed by atoms with E-state index in [4.69, 9.17) is 14.6 Å². The highest BCUT2D eigenvalue weighted by atomic mass is 16.5. The molecule has 1 heterocycles. The number of ether oxygens (including phenoxy) is 2. The van der Waals surface area contributed by atoms with Gasteiger partial charge in [0.1, 0.15) is 5.75 Å². The van der Waals surface area contributed by atoms with E-state index < -0.39 is 5.97 Å². The molecule has 6 nitrogen and oxygen atoms in total. The van der Waals surface area contributed by atoms with Gasteiger partial charge in [0, 0.05) is 25.3 Å². The maximum Gasteiger partial charge on any atom is 0.341 e. The summed E-state index contributed by atoms with van der Waals surface area (Å²) in [5.41, 5.74) is 2.16. The summed E-state index contributed by atoms with van der Waals surface area (Å²) in [6, 6.07) is 3.56. The number of hydrogen-bond acceptors (Lipinski definition) is 4. The lowest BCUT2D eigenvalue weighted by Crippen LogP contribution is -2.43. The molecule has 6 heteroatoms. The number of amides is 1. The van der Waals surface area contributed by atoms with E-state index >= 15 is 0 Å². The van der Waals surface area contributed by atoms with Crippen molar-refractivity contribution < 1.29 is 24.2 Å². The molecule has 0 spiro atoms. The minimum atomic E-state index is -1.02. The summed E-state index contributed by atoms with van der Waals surface area (Å²) in [4.78, 5) is 25.5. The molecule has 0 bridgehead atoms. The zero-order chi connectivity index (χ0) is 18.7. The average molecular weight is 361 g/mol. The van der Waals surface area contributed by atoms with Crippen LogP contribution in [0.2, 0.25) is 0 Å². The SMILES string of the molecule is Cc1cc(C(=O)N2CCCC(OCC3CC3)C2)cc(C)c1OCC(=O)O. The lowest BCUT2D eigenvalue weighted by Gasteiger charge is -2.33. The molecule has 2 aliphatic rings. The van der Waals surface area contributed by atoms with Crippen LogP contribution < -0.4 is 4.74 Å². The summed E-state index contributed by atoms with van der Waals surface area (Å²) in [5, 5.41) is 8.78. The molecule has 1 saturated heterocycles. The summed E-state index contributed by atoms with van der Waals surface area (Å²) in [7, 11) is 0. The number of benzene rings is 1. The number of carbonyl (C=O) groups is 2. The first-order valence-electron chi connectivity index (χ1n) is 9.30. The number of hydrogen-bond donors (Lipinski definition) is 1. The van der Waals surface area contributed by atoms with Gasteiger partial charge < -0.3 is 19.5 Å². The van der Waals surface area contributed by atoms with Gasteiger partial charge in [-0.05, 0) is 68.7 Å². The molecule has 1 amide bonds. The van der Waals surface area contributed by atoms with Crippen molar-refractivity contribution >= 4 is 11.9 Å². The second-order valence-corrected chi connectivity index (χ2v) is 7.41. The van der Waals surface area contributed by atoms with Crippen molar-refractivity contribution in [3.05, 3.63) is 28.8 Å². The third kappa shape index (κ3) is 4.75. The number of likely N-dealkylation sites (tertiary alicyclic amines) is 1. The van der Waals surface area contributed by atoms with Gasteiger partial charge in [0.2, 0.25) is 0 Å². The zero-order valence-electron chi connectivity index (χ0n) is 15.5. The Bertz CT molecular complexity index is 660. The first-order chi connectivity index (χ1) is 12.4. The van der Waals surface area contributed by atoms with Crippen LogP contribution in [0.3, 0.4) is 0 Å². The highest BCUT2D eigenvalue weighted by molar-refractivity contribution is 5.95. The first-order valence-corrected chi connectivity index (χ1v) is 9.30. The Hall–Kier alpha value is -2.08. The van der Waals surface area contributed by atoms with Gasteiger partial charge in [0.25, 0.3) is 5.91 Å². The van der Waals surface area contributed by atoms with Gasteiger partial charge in [-0.25, -0.2) is 4.79 Å². The lowest BCUT2D eigenvalue weighted by molar-refractivity contribution is -0.139. The van der Waals surface area contributed by atoms with Crippen molar-refractivity contribution in [2.45, 2.75) is 45.6 Å². The highest BCUT2D eigenvalue weighted by Gasteiger charge is 2.28. The van der Waals surface area contributed by atoms with Gasteiger partial charge in [-0.2, -0.15) is 0 Å². The number of aryl methyl sites for hydroxylation is 2. The Balaban J connectivity index is 1.65. The predicted molar refractivity (Wildman–Crippen MR) is 96.6 cm³/mol. The van der Waals surface area contributed by atoms with Crippen LogP contribution in [0.4, 0.5) is 0 Å². The lowest BCUT2D eigenvalue weighted by atomic mass is 10.0. The molecule has 142 valence electrons. The third-order valence-electron chi connectivity index (χ3n) is 4.98. The van der Waals surface area contributed by atoms with Crippen molar-refractivity contribution in [2.24, 2.45) is 5.92 Å². The smallest absolute Gasteiger partial charge is 0.341 e. The van der Waals surface area contributed by atoms with Gasteiger partial charge >= 0.3 is 5.97 Å². The van der Waals surface area contributed by atoms with Crippen molar-refractivity contribution in [3.8, 4) is 5.75 Å². The Kier molecular flexibility index (Phi) is 5.81. The van der Waals surface area contributed by atoms with Crippen LogP contribution in [0.25, 0.3) is 0 Å². The van der Waals surface area contributed by atoms with Gasteiger partial charge in [-0.3, -0.25) is 4.79 Å². The Labute approximate surface area is 154 Å². The quantitative estimate of drug-likeness (QED) is 0.808. The number of rotatable bonds is 7. The molecule has 1 aliphatic heterocycles. The number of piperidine rings is 1. The molecule has 26 heavy (non-hydrogen) atoms. The molecule has 0 aromatic heterocycles. The van der Waals surface area contributed by atoms with Crippen LogP contribution in [0.5, 0.6) is 5.75 Å². The van der Waals surface area contributed by atoms with Gasteiger partial charge in [-0.15, -0.1) is 0 Å². The average Bonchev–Trinajstić information content (AvgIpc) is 3.43. The van der Waals surface area contributed by atoms with E-state index in [0.29, 0.717) is 17.9 Å². The molecule has 2 fully saturated rings. The normalized spacial score (nSPS) is 20.1. The van der Waals surface area contributed by atoms with Gasteiger partial charge in [0.05, 0.1) is 6.10 Å². The molecular weight excluding hydrogens is 334 g/mol. The van der Waals surface area contributed by atoms with Crippen LogP contribution in [0.15, 0.2) is 12.1 Å². The summed E-state index contributed by atoms with van der Waals surface area (Å²) in [5.74, 6) is 0.244. The van der Waals surface area contributed by atoms with E-state index in [1.165, 1.54) is 12.8 Å². The topological polar surface area (TPSA) is 76.1 Å². The Morgan fingerprint density at radius 2 is 1.88 bits per heavy atom. The number of aliphatic carboxylic acids is 1. The van der Waals surface area contributed by atoms with E-state index in [9.17, 15) is 9.59 Å². The molecule has 1 saturated carbocycles. The number of carbonyl (C=O) groups excluding carboxylic acids is 1. The molecule has 1 aliphatic carbocycles. The van der Waals surface area contributed by atoms with E-state index in [2.05, 4.69) is 0 Å². The summed E-state index contributed by atoms with van der Waals surface area (Å²) in [6.45, 7) is 5.48. The third-order valence-corrected chi connectivity index (χ3v) is 4.98. The molecule has 0 radical (unpaired) electrons. The second kappa shape index (κ2) is 8.08. The summed E-state index contributed by atoms with van der Waals surface area (Å²) < 4.78 is 11.3. The van der Waals surface area contributed by atoms with Crippen LogP contribution in [0, 0.1) is 19.8 Å². The largest absolute Gasteiger partial charge is 0.481 e. The minimum absolute atomic E-state index is 0.000654. The van der Waals surface area contributed by atoms with Crippen molar-refractivity contribution in [1.29, 1.82) is 0 Å². The van der Waals surface area contributed by atoms with E-state index in [-0.39, 0.29) is 18.6 Å². The van der Waals surface area contributed by atoms with Gasteiger partial charge in [-0.1, -0.05) is 0 Å².